The molecular formula is C30H32Cl2N2O2. The van der Waals surface area contributed by atoms with Gasteiger partial charge < -0.3 is 10.2 Å². The Balaban J connectivity index is 1.65. The fourth-order valence-electron chi connectivity index (χ4n) is 4.81. The summed E-state index contributed by atoms with van der Waals surface area (Å²) in [7, 11) is 0. The van der Waals surface area contributed by atoms with Crippen LogP contribution in [0.5, 0.6) is 0 Å². The molecule has 0 heterocycles. The smallest absolute Gasteiger partial charge is 0.243 e. The summed E-state index contributed by atoms with van der Waals surface area (Å²) in [5, 5.41) is 4.19. The normalized spacial score (nSPS) is 14.4. The van der Waals surface area contributed by atoms with Crippen LogP contribution in [0.25, 0.3) is 0 Å². The molecule has 6 heteroatoms. The van der Waals surface area contributed by atoms with Crippen LogP contribution in [0.4, 0.5) is 0 Å². The van der Waals surface area contributed by atoms with Crippen LogP contribution in [-0.2, 0) is 29.0 Å². The van der Waals surface area contributed by atoms with Gasteiger partial charge in [0.25, 0.3) is 0 Å². The van der Waals surface area contributed by atoms with Crippen molar-refractivity contribution < 1.29 is 9.59 Å². The highest BCUT2D eigenvalue weighted by atomic mass is 35.5. The molecule has 0 spiro atoms. The average molecular weight is 524 g/mol. The van der Waals surface area contributed by atoms with E-state index in [2.05, 4.69) is 5.32 Å². The van der Waals surface area contributed by atoms with E-state index in [-0.39, 0.29) is 30.8 Å². The van der Waals surface area contributed by atoms with Crippen LogP contribution in [0.2, 0.25) is 10.0 Å². The Labute approximate surface area is 223 Å². The van der Waals surface area contributed by atoms with E-state index >= 15 is 0 Å². The molecule has 1 fully saturated rings. The highest BCUT2D eigenvalue weighted by molar-refractivity contribution is 6.36. The molecule has 4 nitrogen and oxygen atoms in total. The number of rotatable bonds is 10. The molecule has 3 aromatic rings. The molecule has 0 aromatic heterocycles. The maximum Gasteiger partial charge on any atom is 0.243 e. The monoisotopic (exact) mass is 522 g/mol. The topological polar surface area (TPSA) is 49.4 Å². The summed E-state index contributed by atoms with van der Waals surface area (Å²) >= 11 is 13.0. The van der Waals surface area contributed by atoms with Crippen LogP contribution < -0.4 is 5.32 Å². The first-order valence-corrected chi connectivity index (χ1v) is 13.4. The molecule has 1 atom stereocenters. The van der Waals surface area contributed by atoms with Crippen molar-refractivity contribution >= 4 is 35.0 Å². The van der Waals surface area contributed by atoms with Crippen molar-refractivity contribution in [2.24, 2.45) is 0 Å². The zero-order valence-corrected chi connectivity index (χ0v) is 21.8. The fraction of sp³-hybridized carbons (Fsp3) is 0.333. The predicted molar refractivity (Wildman–Crippen MR) is 146 cm³/mol. The number of halogens is 2. The van der Waals surface area contributed by atoms with Crippen molar-refractivity contribution in [1.82, 2.24) is 10.2 Å². The van der Waals surface area contributed by atoms with E-state index in [1.807, 2.05) is 60.7 Å². The number of carbonyl (C=O) groups excluding carboxylic acids is 2. The lowest BCUT2D eigenvalue weighted by atomic mass is 10.0. The average Bonchev–Trinajstić information content (AvgIpc) is 3.40. The van der Waals surface area contributed by atoms with E-state index < -0.39 is 6.04 Å². The van der Waals surface area contributed by atoms with Crippen LogP contribution in [0.15, 0.2) is 78.9 Å². The molecular weight excluding hydrogens is 491 g/mol. The van der Waals surface area contributed by atoms with Gasteiger partial charge in [-0.05, 0) is 42.5 Å². The summed E-state index contributed by atoms with van der Waals surface area (Å²) in [4.78, 5) is 29.2. The highest BCUT2D eigenvalue weighted by Gasteiger charge is 2.32. The Morgan fingerprint density at radius 2 is 1.42 bits per heavy atom. The molecule has 0 unspecified atom stereocenters. The zero-order valence-electron chi connectivity index (χ0n) is 20.3. The minimum Gasteiger partial charge on any atom is -0.352 e. The Bertz CT molecular complexity index is 1130. The number of carbonyl (C=O) groups is 2. The lowest BCUT2D eigenvalue weighted by molar-refractivity contribution is -0.141. The third-order valence-electron chi connectivity index (χ3n) is 6.83. The Morgan fingerprint density at radius 1 is 0.833 bits per heavy atom. The quantitative estimate of drug-likeness (QED) is 0.325. The maximum absolute atomic E-state index is 13.8. The first kappa shape index (κ1) is 26.2. The van der Waals surface area contributed by atoms with Gasteiger partial charge in [-0.1, -0.05) is 103 Å². The van der Waals surface area contributed by atoms with Gasteiger partial charge in [0.05, 0.1) is 0 Å². The van der Waals surface area contributed by atoms with Crippen molar-refractivity contribution in [1.29, 1.82) is 0 Å². The standard InChI is InChI=1S/C30H32Cl2N2O2/c31-26-16-9-17-27(32)25(26)21-34(29(35)19-18-22-10-3-1-4-11-22)28(20-23-12-5-2-6-13-23)30(36)33-24-14-7-8-15-24/h1-6,9-13,16-17,24,28H,7-8,14-15,18-21H2,(H,33,36)/t28-/m1/s1. The molecule has 1 N–H and O–H groups in total. The molecule has 3 aromatic carbocycles. The van der Waals surface area contributed by atoms with E-state index in [1.165, 1.54) is 0 Å². The number of benzene rings is 3. The van der Waals surface area contributed by atoms with Gasteiger partial charge in [-0.3, -0.25) is 9.59 Å². The SMILES string of the molecule is O=C(NC1CCCC1)[C@@H](Cc1ccccc1)N(Cc1c(Cl)cccc1Cl)C(=O)CCc1ccccc1. The van der Waals surface area contributed by atoms with E-state index in [0.717, 1.165) is 36.8 Å². The predicted octanol–water partition coefficient (Wildman–Crippen LogP) is 6.62. The Morgan fingerprint density at radius 3 is 2.03 bits per heavy atom. The third kappa shape index (κ3) is 7.11. The lowest BCUT2D eigenvalue weighted by Crippen LogP contribution is -2.52. The van der Waals surface area contributed by atoms with Gasteiger partial charge in [0, 0.05) is 41.0 Å². The molecule has 0 radical (unpaired) electrons. The first-order valence-electron chi connectivity index (χ1n) is 12.6. The van der Waals surface area contributed by atoms with Crippen LogP contribution in [0.1, 0.15) is 48.8 Å². The number of hydrogen-bond acceptors (Lipinski definition) is 2. The summed E-state index contributed by atoms with van der Waals surface area (Å²) in [6.07, 6.45) is 5.47. The number of amides is 2. The Kier molecular flexibility index (Phi) is 9.43. The maximum atomic E-state index is 13.8. The zero-order chi connectivity index (χ0) is 25.3. The summed E-state index contributed by atoms with van der Waals surface area (Å²) in [5.41, 5.74) is 2.73. The summed E-state index contributed by atoms with van der Waals surface area (Å²) in [5.74, 6) is -0.223. The Hall–Kier alpha value is -2.82. The van der Waals surface area contributed by atoms with Crippen LogP contribution >= 0.6 is 23.2 Å². The number of nitrogens with one attached hydrogen (secondary N) is 1. The lowest BCUT2D eigenvalue weighted by Gasteiger charge is -2.33. The highest BCUT2D eigenvalue weighted by Crippen LogP contribution is 2.28. The molecule has 1 aliphatic rings. The second-order valence-electron chi connectivity index (χ2n) is 9.40. The number of nitrogens with zero attached hydrogens (tertiary/aromatic N) is 1. The molecule has 0 saturated heterocycles. The molecule has 4 rings (SSSR count). The van der Waals surface area contributed by atoms with Crippen molar-refractivity contribution in [3.63, 3.8) is 0 Å². The van der Waals surface area contributed by atoms with Gasteiger partial charge in [-0.2, -0.15) is 0 Å². The van der Waals surface area contributed by atoms with Crippen molar-refractivity contribution in [3.05, 3.63) is 106 Å². The van der Waals surface area contributed by atoms with Gasteiger partial charge in [0.15, 0.2) is 0 Å². The van der Waals surface area contributed by atoms with Gasteiger partial charge in [0.1, 0.15) is 6.04 Å². The number of aryl methyl sites for hydroxylation is 1. The second-order valence-corrected chi connectivity index (χ2v) is 10.2. The summed E-state index contributed by atoms with van der Waals surface area (Å²) < 4.78 is 0. The van der Waals surface area contributed by atoms with E-state index in [4.69, 9.17) is 23.2 Å². The third-order valence-corrected chi connectivity index (χ3v) is 7.54. The van der Waals surface area contributed by atoms with E-state index in [1.54, 1.807) is 23.1 Å². The van der Waals surface area contributed by atoms with Crippen molar-refractivity contribution in [3.8, 4) is 0 Å². The molecule has 1 saturated carbocycles. The van der Waals surface area contributed by atoms with E-state index in [0.29, 0.717) is 28.5 Å². The molecule has 1 aliphatic carbocycles. The first-order chi connectivity index (χ1) is 17.5. The molecule has 36 heavy (non-hydrogen) atoms. The van der Waals surface area contributed by atoms with Crippen molar-refractivity contribution in [2.75, 3.05) is 0 Å². The van der Waals surface area contributed by atoms with Gasteiger partial charge in [0.2, 0.25) is 11.8 Å². The largest absolute Gasteiger partial charge is 0.352 e. The van der Waals surface area contributed by atoms with Crippen LogP contribution in [-0.4, -0.2) is 28.8 Å². The second kappa shape index (κ2) is 12.9. The van der Waals surface area contributed by atoms with Gasteiger partial charge in [-0.15, -0.1) is 0 Å². The number of hydrogen-bond donors (Lipinski definition) is 1. The fourth-order valence-corrected chi connectivity index (χ4v) is 5.33. The van der Waals surface area contributed by atoms with Crippen LogP contribution in [0.3, 0.4) is 0 Å². The van der Waals surface area contributed by atoms with Crippen molar-refractivity contribution in [2.45, 2.75) is 63.6 Å². The van der Waals surface area contributed by atoms with E-state index in [9.17, 15) is 9.59 Å². The molecule has 2 amide bonds. The molecule has 188 valence electrons. The molecule has 0 bridgehead atoms. The molecule has 0 aliphatic heterocycles. The minimum atomic E-state index is -0.677. The van der Waals surface area contributed by atoms with Gasteiger partial charge in [-0.25, -0.2) is 0 Å². The summed E-state index contributed by atoms with van der Waals surface area (Å²) in [6.45, 7) is 0.168. The van der Waals surface area contributed by atoms with Crippen LogP contribution in [0, 0.1) is 0 Å². The summed E-state index contributed by atoms with van der Waals surface area (Å²) in [6, 6.07) is 24.5. The van der Waals surface area contributed by atoms with Gasteiger partial charge >= 0.3 is 0 Å². The minimum absolute atomic E-state index is 0.0997.